The van der Waals surface area contributed by atoms with Crippen LogP contribution in [0.5, 0.6) is 0 Å². The number of alkyl halides is 3. The number of primary amides is 1. The Balaban J connectivity index is 0. The van der Waals surface area contributed by atoms with Gasteiger partial charge in [0.25, 0.3) is 0 Å². The zero-order valence-corrected chi connectivity index (χ0v) is 6.91. The summed E-state index contributed by atoms with van der Waals surface area (Å²) in [5, 5.41) is 0. The second-order valence-corrected chi connectivity index (χ2v) is 2.16. The van der Waals surface area contributed by atoms with Gasteiger partial charge in [-0.1, -0.05) is 0 Å². The van der Waals surface area contributed by atoms with E-state index in [2.05, 4.69) is 5.73 Å². The Labute approximate surface area is 73.7 Å². The van der Waals surface area contributed by atoms with Crippen LogP contribution in [0.2, 0.25) is 0 Å². The summed E-state index contributed by atoms with van der Waals surface area (Å²) >= 11 is 0. The lowest BCUT2D eigenvalue weighted by Gasteiger charge is -2.08. The molecule has 0 aliphatic rings. The van der Waals surface area contributed by atoms with Crippen LogP contribution in [0, 0.1) is 0 Å². The first-order valence-electron chi connectivity index (χ1n) is 2.94. The number of hydrogen-bond donors (Lipinski definition) is 2. The lowest BCUT2D eigenvalue weighted by molar-refractivity contribution is -0.137. The molecule has 1 amide bonds. The maximum Gasteiger partial charge on any atom is 0.389 e. The molecule has 0 spiro atoms. The molecule has 0 fully saturated rings. The highest BCUT2D eigenvalue weighted by molar-refractivity contribution is 5.85. The molecule has 0 heterocycles. The molecule has 0 unspecified atom stereocenters. The Morgan fingerprint density at radius 2 is 1.83 bits per heavy atom. The van der Waals surface area contributed by atoms with Crippen LogP contribution in [0.4, 0.5) is 13.2 Å². The predicted octanol–water partition coefficient (Wildman–Crippen LogP) is 0.563. The van der Waals surface area contributed by atoms with Gasteiger partial charge in [-0.25, -0.2) is 0 Å². The van der Waals surface area contributed by atoms with E-state index in [-0.39, 0.29) is 12.4 Å². The molecule has 7 heteroatoms. The molecule has 12 heavy (non-hydrogen) atoms. The van der Waals surface area contributed by atoms with E-state index in [0.29, 0.717) is 0 Å². The number of carbonyl (C=O) groups excluding carboxylic acids is 1. The highest BCUT2D eigenvalue weighted by Crippen LogP contribution is 2.21. The zero-order chi connectivity index (χ0) is 9.07. The molecule has 0 saturated heterocycles. The second kappa shape index (κ2) is 5.21. The monoisotopic (exact) mass is 206 g/mol. The molecule has 0 aliphatic heterocycles. The fourth-order valence-electron chi connectivity index (χ4n) is 0.461. The number of amides is 1. The lowest BCUT2D eigenvalue weighted by Crippen LogP contribution is -2.37. The molecule has 0 aliphatic carbocycles. The minimum absolute atomic E-state index is 0. The Hall–Kier alpha value is -0.490. The van der Waals surface area contributed by atoms with Crippen molar-refractivity contribution in [2.75, 3.05) is 0 Å². The van der Waals surface area contributed by atoms with E-state index in [9.17, 15) is 18.0 Å². The number of carbonyl (C=O) groups is 1. The zero-order valence-electron chi connectivity index (χ0n) is 6.10. The Morgan fingerprint density at radius 1 is 1.42 bits per heavy atom. The van der Waals surface area contributed by atoms with Crippen molar-refractivity contribution >= 4 is 18.3 Å². The van der Waals surface area contributed by atoms with E-state index < -0.39 is 31.0 Å². The molecular weight excluding hydrogens is 197 g/mol. The molecule has 0 bridgehead atoms. The first-order valence-corrected chi connectivity index (χ1v) is 2.94. The molecule has 0 saturated carbocycles. The van der Waals surface area contributed by atoms with Crippen molar-refractivity contribution in [2.45, 2.75) is 25.1 Å². The SMILES string of the molecule is Cl.NC(=O)[C@H](N)CCC(F)(F)F. The van der Waals surface area contributed by atoms with Crippen molar-refractivity contribution in [2.24, 2.45) is 11.5 Å². The molecule has 4 N–H and O–H groups in total. The second-order valence-electron chi connectivity index (χ2n) is 2.16. The van der Waals surface area contributed by atoms with Crippen LogP contribution in [-0.4, -0.2) is 18.1 Å². The van der Waals surface area contributed by atoms with Gasteiger partial charge in [0.2, 0.25) is 5.91 Å². The maximum atomic E-state index is 11.5. The van der Waals surface area contributed by atoms with E-state index >= 15 is 0 Å². The van der Waals surface area contributed by atoms with Crippen LogP contribution in [-0.2, 0) is 4.79 Å². The van der Waals surface area contributed by atoms with Gasteiger partial charge < -0.3 is 11.5 Å². The highest BCUT2D eigenvalue weighted by atomic mass is 35.5. The third kappa shape index (κ3) is 7.62. The van der Waals surface area contributed by atoms with Crippen LogP contribution >= 0.6 is 12.4 Å². The standard InChI is InChI=1S/C5H9F3N2O.ClH/c6-5(7,8)2-1-3(9)4(10)11;/h3H,1-2,9H2,(H2,10,11);1H/t3-;/m1./s1. The molecule has 1 atom stereocenters. The maximum absolute atomic E-state index is 11.5. The number of rotatable bonds is 3. The van der Waals surface area contributed by atoms with Crippen molar-refractivity contribution in [3.63, 3.8) is 0 Å². The number of hydrogen-bond acceptors (Lipinski definition) is 2. The molecule has 0 aromatic rings. The van der Waals surface area contributed by atoms with E-state index in [1.54, 1.807) is 0 Å². The van der Waals surface area contributed by atoms with E-state index in [0.717, 1.165) is 0 Å². The topological polar surface area (TPSA) is 69.1 Å². The van der Waals surface area contributed by atoms with Gasteiger partial charge in [-0.15, -0.1) is 12.4 Å². The van der Waals surface area contributed by atoms with Crippen molar-refractivity contribution in [3.8, 4) is 0 Å². The van der Waals surface area contributed by atoms with Crippen molar-refractivity contribution < 1.29 is 18.0 Å². The third-order valence-electron chi connectivity index (χ3n) is 1.10. The Bertz CT molecular complexity index is 150. The van der Waals surface area contributed by atoms with Gasteiger partial charge in [0, 0.05) is 6.42 Å². The van der Waals surface area contributed by atoms with Gasteiger partial charge in [0.15, 0.2) is 0 Å². The predicted molar refractivity (Wildman–Crippen MR) is 39.7 cm³/mol. The first-order chi connectivity index (χ1) is 4.83. The van der Waals surface area contributed by atoms with Gasteiger partial charge in [0.1, 0.15) is 0 Å². The summed E-state index contributed by atoms with van der Waals surface area (Å²) in [4.78, 5) is 10.1. The minimum Gasteiger partial charge on any atom is -0.368 e. The molecule has 0 aromatic heterocycles. The smallest absolute Gasteiger partial charge is 0.368 e. The molecule has 0 rings (SSSR count). The van der Waals surface area contributed by atoms with Crippen LogP contribution in [0.3, 0.4) is 0 Å². The third-order valence-corrected chi connectivity index (χ3v) is 1.10. The van der Waals surface area contributed by atoms with Gasteiger partial charge in [-0.05, 0) is 6.42 Å². The van der Waals surface area contributed by atoms with Crippen LogP contribution < -0.4 is 11.5 Å². The van der Waals surface area contributed by atoms with E-state index in [1.165, 1.54) is 0 Å². The lowest BCUT2D eigenvalue weighted by atomic mass is 10.1. The Kier molecular flexibility index (Phi) is 6.10. The van der Waals surface area contributed by atoms with Gasteiger partial charge >= 0.3 is 6.18 Å². The summed E-state index contributed by atoms with van der Waals surface area (Å²) in [6.45, 7) is 0. The summed E-state index contributed by atoms with van der Waals surface area (Å²) in [6.07, 6.45) is -5.79. The first kappa shape index (κ1) is 14.1. The minimum atomic E-state index is -4.27. The number of halogens is 4. The van der Waals surface area contributed by atoms with Crippen molar-refractivity contribution in [1.82, 2.24) is 0 Å². The van der Waals surface area contributed by atoms with Gasteiger partial charge in [-0.2, -0.15) is 13.2 Å². The van der Waals surface area contributed by atoms with Crippen molar-refractivity contribution in [3.05, 3.63) is 0 Å². The molecule has 0 radical (unpaired) electrons. The number of nitrogens with two attached hydrogens (primary N) is 2. The fraction of sp³-hybridized carbons (Fsp3) is 0.800. The van der Waals surface area contributed by atoms with Gasteiger partial charge in [-0.3, -0.25) is 4.79 Å². The molecule has 74 valence electrons. The summed E-state index contributed by atoms with van der Waals surface area (Å²) in [5.41, 5.74) is 9.58. The summed E-state index contributed by atoms with van der Waals surface area (Å²) in [6, 6.07) is -1.20. The van der Waals surface area contributed by atoms with E-state index in [1.807, 2.05) is 0 Å². The fourth-order valence-corrected chi connectivity index (χ4v) is 0.461. The summed E-state index contributed by atoms with van der Waals surface area (Å²) < 4.78 is 34.4. The Morgan fingerprint density at radius 3 is 2.08 bits per heavy atom. The van der Waals surface area contributed by atoms with Crippen LogP contribution in [0.25, 0.3) is 0 Å². The van der Waals surface area contributed by atoms with E-state index in [4.69, 9.17) is 5.73 Å². The normalized spacial score (nSPS) is 13.3. The van der Waals surface area contributed by atoms with Crippen LogP contribution in [0.1, 0.15) is 12.8 Å². The average Bonchev–Trinajstić information content (AvgIpc) is 1.80. The molecule has 0 aromatic carbocycles. The summed E-state index contributed by atoms with van der Waals surface area (Å²) in [5.74, 6) is -0.908. The molecule has 3 nitrogen and oxygen atoms in total. The van der Waals surface area contributed by atoms with Crippen molar-refractivity contribution in [1.29, 1.82) is 0 Å². The average molecular weight is 207 g/mol. The van der Waals surface area contributed by atoms with Crippen LogP contribution in [0.15, 0.2) is 0 Å². The summed E-state index contributed by atoms with van der Waals surface area (Å²) in [7, 11) is 0. The molecular formula is C5H10ClF3N2O. The van der Waals surface area contributed by atoms with Gasteiger partial charge in [0.05, 0.1) is 6.04 Å². The largest absolute Gasteiger partial charge is 0.389 e. The quantitative estimate of drug-likeness (QED) is 0.709. The highest BCUT2D eigenvalue weighted by Gasteiger charge is 2.28.